The Balaban J connectivity index is 1.18. The SMILES string of the molecule is C=C(C)[C@@H]1CC[C@]2(C(=O)O)CC[C@]3(C)[C@H](C[C@@H](O)[C@@H]4[C@@]5(C)CC[C@H]6OC(c7ccc(C(C)C)cc7)OC[C@@]6(C)[C@@H]5CC[C@]43C)[C@@H]12. The average molecular weight is 619 g/mol. The first-order chi connectivity index (χ1) is 21.1. The molecule has 1 aliphatic heterocycles. The van der Waals surface area contributed by atoms with Gasteiger partial charge in [-0.3, -0.25) is 4.79 Å². The summed E-state index contributed by atoms with van der Waals surface area (Å²) in [4.78, 5) is 13.0. The first kappa shape index (κ1) is 31.9. The van der Waals surface area contributed by atoms with Crippen molar-refractivity contribution in [3.63, 3.8) is 0 Å². The number of carboxylic acids is 1. The van der Waals surface area contributed by atoms with Gasteiger partial charge in [0.2, 0.25) is 0 Å². The van der Waals surface area contributed by atoms with E-state index in [4.69, 9.17) is 9.47 Å². The summed E-state index contributed by atoms with van der Waals surface area (Å²) >= 11 is 0. The van der Waals surface area contributed by atoms with E-state index >= 15 is 0 Å². The second-order valence-electron chi connectivity index (χ2n) is 17.9. The second-order valence-corrected chi connectivity index (χ2v) is 17.9. The van der Waals surface area contributed by atoms with E-state index in [9.17, 15) is 15.0 Å². The molecule has 45 heavy (non-hydrogen) atoms. The molecule has 1 aromatic rings. The van der Waals surface area contributed by atoms with Crippen LogP contribution in [-0.2, 0) is 14.3 Å². The summed E-state index contributed by atoms with van der Waals surface area (Å²) in [6.45, 7) is 21.5. The number of allylic oxidation sites excluding steroid dienone is 1. The van der Waals surface area contributed by atoms with Gasteiger partial charge in [-0.25, -0.2) is 0 Å². The molecule has 0 aromatic heterocycles. The van der Waals surface area contributed by atoms with E-state index in [1.807, 2.05) is 0 Å². The lowest BCUT2D eigenvalue weighted by Crippen LogP contribution is -2.71. The highest BCUT2D eigenvalue weighted by molar-refractivity contribution is 5.76. The molecule has 0 spiro atoms. The summed E-state index contributed by atoms with van der Waals surface area (Å²) in [7, 11) is 0. The average Bonchev–Trinajstić information content (AvgIpc) is 3.39. The maximum atomic E-state index is 13.0. The smallest absolute Gasteiger partial charge is 0.309 e. The third-order valence-electron chi connectivity index (χ3n) is 15.9. The van der Waals surface area contributed by atoms with Crippen molar-refractivity contribution >= 4 is 5.97 Å². The molecule has 13 atom stereocenters. The van der Waals surface area contributed by atoms with Gasteiger partial charge in [0.15, 0.2) is 6.29 Å². The van der Waals surface area contributed by atoms with Gasteiger partial charge in [0.05, 0.1) is 24.2 Å². The number of fused-ring (bicyclic) bond motifs is 9. The lowest BCUT2D eigenvalue weighted by Gasteiger charge is -2.74. The standard InChI is InChI=1S/C40H58O5/c1-23(2)25-9-11-26(12-10-25)34-44-22-37(6)30-14-17-39(8)33(36(30,5)16-15-31(37)45-34)29(41)21-28-32-27(24(3)4)13-18-40(32,35(42)43)20-19-38(28,39)7/h9-12,23,27-34,41H,3,13-22H2,1-2,4-8H3,(H,42,43)/t27-,28+,29+,30+,31+,32+,33+,34?,36-,37-,38+,39+,40-/m0/s1. The normalized spacial score (nSPS) is 50.5. The molecular weight excluding hydrogens is 560 g/mol. The van der Waals surface area contributed by atoms with Crippen LogP contribution in [0.5, 0.6) is 0 Å². The van der Waals surface area contributed by atoms with E-state index in [1.165, 1.54) is 5.56 Å². The van der Waals surface area contributed by atoms with Crippen molar-refractivity contribution in [1.29, 1.82) is 0 Å². The third-order valence-corrected chi connectivity index (χ3v) is 15.9. The van der Waals surface area contributed by atoms with Crippen LogP contribution in [0, 0.1) is 56.7 Å². The van der Waals surface area contributed by atoms with Crippen LogP contribution in [0.15, 0.2) is 36.4 Å². The highest BCUT2D eigenvalue weighted by Crippen LogP contribution is 2.78. The molecule has 5 aliphatic carbocycles. The molecular formula is C40H58O5. The number of ether oxygens (including phenoxy) is 2. The van der Waals surface area contributed by atoms with Gasteiger partial charge in [-0.1, -0.05) is 78.0 Å². The van der Waals surface area contributed by atoms with Crippen molar-refractivity contribution in [2.45, 2.75) is 131 Å². The van der Waals surface area contributed by atoms with Gasteiger partial charge in [0, 0.05) is 11.0 Å². The number of aliphatic hydroxyl groups is 1. The Bertz CT molecular complexity index is 1350. The Kier molecular flexibility index (Phi) is 7.37. The lowest BCUT2D eigenvalue weighted by molar-refractivity contribution is -0.332. The van der Waals surface area contributed by atoms with E-state index in [0.29, 0.717) is 24.9 Å². The quantitative estimate of drug-likeness (QED) is 0.330. The van der Waals surface area contributed by atoms with Crippen LogP contribution in [0.25, 0.3) is 0 Å². The number of carboxylic acid groups (broad SMARTS) is 1. The van der Waals surface area contributed by atoms with Gasteiger partial charge < -0.3 is 19.7 Å². The van der Waals surface area contributed by atoms with Gasteiger partial charge in [-0.2, -0.15) is 0 Å². The molecule has 5 heteroatoms. The summed E-state index contributed by atoms with van der Waals surface area (Å²) in [5.74, 6) is 0.931. The minimum Gasteiger partial charge on any atom is -0.481 e. The maximum absolute atomic E-state index is 13.0. The minimum absolute atomic E-state index is 0.0168. The van der Waals surface area contributed by atoms with Crippen LogP contribution in [0.2, 0.25) is 0 Å². The highest BCUT2D eigenvalue weighted by Gasteiger charge is 2.74. The maximum Gasteiger partial charge on any atom is 0.309 e. The molecule has 0 amide bonds. The van der Waals surface area contributed by atoms with Gasteiger partial charge >= 0.3 is 5.97 Å². The van der Waals surface area contributed by atoms with E-state index in [-0.39, 0.29) is 57.7 Å². The molecule has 1 aromatic carbocycles. The summed E-state index contributed by atoms with van der Waals surface area (Å²) in [6, 6.07) is 8.75. The fraction of sp³-hybridized carbons (Fsp3) is 0.775. The minimum atomic E-state index is -0.675. The van der Waals surface area contributed by atoms with Crippen molar-refractivity contribution in [2.24, 2.45) is 56.7 Å². The number of aliphatic hydroxyl groups excluding tert-OH is 1. The molecule has 2 N–H and O–H groups in total. The number of carbonyl (C=O) groups is 1. The predicted octanol–water partition coefficient (Wildman–Crippen LogP) is 8.92. The molecule has 6 aliphatic rings. The monoisotopic (exact) mass is 618 g/mol. The Labute approximate surface area is 271 Å². The topological polar surface area (TPSA) is 76.0 Å². The van der Waals surface area contributed by atoms with Crippen molar-refractivity contribution in [2.75, 3.05) is 6.61 Å². The molecule has 0 radical (unpaired) electrons. The molecule has 1 unspecified atom stereocenters. The van der Waals surface area contributed by atoms with Gasteiger partial charge in [0.25, 0.3) is 0 Å². The fourth-order valence-electron chi connectivity index (χ4n) is 13.4. The first-order valence-electron chi connectivity index (χ1n) is 18.1. The van der Waals surface area contributed by atoms with Crippen LogP contribution >= 0.6 is 0 Å². The molecule has 1 saturated heterocycles. The largest absolute Gasteiger partial charge is 0.481 e. The molecule has 248 valence electrons. The zero-order chi connectivity index (χ0) is 32.3. The second kappa shape index (κ2) is 10.4. The Morgan fingerprint density at radius 3 is 2.29 bits per heavy atom. The number of benzene rings is 1. The van der Waals surface area contributed by atoms with E-state index in [1.54, 1.807) is 0 Å². The van der Waals surface area contributed by atoms with Crippen LogP contribution in [0.4, 0.5) is 0 Å². The highest BCUT2D eigenvalue weighted by atomic mass is 16.7. The zero-order valence-corrected chi connectivity index (χ0v) is 28.9. The molecule has 5 nitrogen and oxygen atoms in total. The van der Waals surface area contributed by atoms with Crippen molar-refractivity contribution in [3.8, 4) is 0 Å². The Morgan fingerprint density at radius 2 is 1.64 bits per heavy atom. The fourth-order valence-corrected chi connectivity index (χ4v) is 13.4. The van der Waals surface area contributed by atoms with Crippen LogP contribution in [0.3, 0.4) is 0 Å². The number of aliphatic carboxylic acids is 1. The van der Waals surface area contributed by atoms with Crippen LogP contribution < -0.4 is 0 Å². The Morgan fingerprint density at radius 1 is 0.933 bits per heavy atom. The molecule has 0 bridgehead atoms. The summed E-state index contributed by atoms with van der Waals surface area (Å²) in [5, 5.41) is 23.1. The summed E-state index contributed by atoms with van der Waals surface area (Å²) < 4.78 is 13.4. The zero-order valence-electron chi connectivity index (χ0n) is 28.9. The summed E-state index contributed by atoms with van der Waals surface area (Å²) in [5.41, 5.74) is 2.66. The molecule has 7 rings (SSSR count). The van der Waals surface area contributed by atoms with E-state index < -0.39 is 17.5 Å². The van der Waals surface area contributed by atoms with Gasteiger partial charge in [0.1, 0.15) is 0 Å². The van der Waals surface area contributed by atoms with Crippen molar-refractivity contribution in [3.05, 3.63) is 47.5 Å². The van der Waals surface area contributed by atoms with Gasteiger partial charge in [-0.05, 0) is 122 Å². The molecule has 6 fully saturated rings. The van der Waals surface area contributed by atoms with Crippen LogP contribution in [-0.4, -0.2) is 35.0 Å². The third kappa shape index (κ3) is 4.18. The number of hydrogen-bond acceptors (Lipinski definition) is 4. The van der Waals surface area contributed by atoms with E-state index in [2.05, 4.69) is 79.3 Å². The first-order valence-corrected chi connectivity index (χ1v) is 18.1. The van der Waals surface area contributed by atoms with E-state index in [0.717, 1.165) is 62.5 Å². The van der Waals surface area contributed by atoms with Gasteiger partial charge in [-0.15, -0.1) is 0 Å². The van der Waals surface area contributed by atoms with Crippen molar-refractivity contribution < 1.29 is 24.5 Å². The number of hydrogen-bond donors (Lipinski definition) is 2. The molecule has 5 saturated carbocycles. The van der Waals surface area contributed by atoms with Crippen LogP contribution in [0.1, 0.15) is 130 Å². The predicted molar refractivity (Wildman–Crippen MR) is 176 cm³/mol. The van der Waals surface area contributed by atoms with Crippen molar-refractivity contribution in [1.82, 2.24) is 0 Å². The Hall–Kier alpha value is -1.69. The number of rotatable bonds is 4. The lowest BCUT2D eigenvalue weighted by atomic mass is 9.31. The summed E-state index contributed by atoms with van der Waals surface area (Å²) in [6.07, 6.45) is 7.63. The molecule has 1 heterocycles.